The van der Waals surface area contributed by atoms with Crippen molar-refractivity contribution >= 4 is 18.1 Å². The minimum Gasteiger partial charge on any atom is -0.497 e. The number of carbonyl (C=O) groups is 3. The van der Waals surface area contributed by atoms with Gasteiger partial charge in [0.15, 0.2) is 0 Å². The standard InChI is InChI=1S/C20H33N3O4.C7H7F.C5H13N.2C2H6/c1-5-7-8-9-10-14-27-17(3)15-22-18(11-6-2)20(26)23(4)16-19(25)21-12-13-24;1-6-2-4-7(8)5-3-6;1-3-4-5-6-2;2*1-2/h5,7-10,13-14,17-18,22H,6,11-12,15-16H2,1-4H3,(H,21,25);2-5H,1H3;6H,3-5H2,1-2H3;2*1-2H3/b7-5-,9-8-,14-10+;;;;/t17-,18?;;;;/m1..../s1. The Kier molecular flexibility index (Phi) is 41.8. The van der Waals surface area contributed by atoms with Gasteiger partial charge >= 0.3 is 0 Å². The maximum absolute atomic E-state index is 12.6. The molecule has 1 rings (SSSR count). The molecule has 0 aromatic heterocycles. The lowest BCUT2D eigenvalue weighted by atomic mass is 10.1. The highest BCUT2D eigenvalue weighted by atomic mass is 19.1. The van der Waals surface area contributed by atoms with Crippen molar-refractivity contribution in [2.24, 2.45) is 0 Å². The molecule has 0 aliphatic carbocycles. The van der Waals surface area contributed by atoms with Crippen LogP contribution in [0.1, 0.15) is 86.6 Å². The largest absolute Gasteiger partial charge is 0.497 e. The van der Waals surface area contributed by atoms with Gasteiger partial charge in [0.05, 0.1) is 25.4 Å². The van der Waals surface area contributed by atoms with E-state index in [0.29, 0.717) is 19.3 Å². The van der Waals surface area contributed by atoms with Gasteiger partial charge in [-0.15, -0.1) is 0 Å². The molecule has 2 amide bonds. The minimum atomic E-state index is -0.386. The van der Waals surface area contributed by atoms with Crippen LogP contribution in [0.4, 0.5) is 4.39 Å². The van der Waals surface area contributed by atoms with Crippen LogP contribution in [0, 0.1) is 12.7 Å². The van der Waals surface area contributed by atoms with Crippen molar-refractivity contribution in [2.75, 3.05) is 40.3 Å². The van der Waals surface area contributed by atoms with Crippen LogP contribution in [0.5, 0.6) is 0 Å². The van der Waals surface area contributed by atoms with E-state index < -0.39 is 0 Å². The number of unbranched alkanes of at least 4 members (excludes halogenated alkanes) is 1. The first kappa shape index (κ1) is 48.6. The van der Waals surface area contributed by atoms with Crippen LogP contribution in [0.15, 0.2) is 60.9 Å². The number of aryl methyl sites for hydroxylation is 1. The lowest BCUT2D eigenvalue weighted by Crippen LogP contribution is -2.49. The molecule has 0 saturated carbocycles. The highest BCUT2D eigenvalue weighted by Gasteiger charge is 2.23. The van der Waals surface area contributed by atoms with E-state index in [1.165, 1.54) is 29.9 Å². The molecule has 9 heteroatoms. The smallest absolute Gasteiger partial charge is 0.239 e. The van der Waals surface area contributed by atoms with Crippen molar-refractivity contribution in [1.82, 2.24) is 20.9 Å². The predicted octanol–water partition coefficient (Wildman–Crippen LogP) is 6.76. The summed E-state index contributed by atoms with van der Waals surface area (Å²) in [6.07, 6.45) is 15.6. The molecule has 0 fully saturated rings. The van der Waals surface area contributed by atoms with Crippen molar-refractivity contribution in [3.8, 4) is 0 Å². The summed E-state index contributed by atoms with van der Waals surface area (Å²) in [5.74, 6) is -0.688. The van der Waals surface area contributed by atoms with Crippen LogP contribution in [0.3, 0.4) is 0 Å². The molecular formula is C36H65FN4O4. The van der Waals surface area contributed by atoms with Gasteiger partial charge in [0.25, 0.3) is 0 Å². The highest BCUT2D eigenvalue weighted by Crippen LogP contribution is 2.03. The number of hydrogen-bond acceptors (Lipinski definition) is 6. The van der Waals surface area contributed by atoms with E-state index in [4.69, 9.17) is 4.74 Å². The zero-order valence-electron chi connectivity index (χ0n) is 30.1. The number of rotatable bonds is 17. The summed E-state index contributed by atoms with van der Waals surface area (Å²) in [5.41, 5.74) is 1.09. The van der Waals surface area contributed by atoms with E-state index in [1.54, 1.807) is 31.5 Å². The van der Waals surface area contributed by atoms with Crippen LogP contribution in [0.25, 0.3) is 0 Å². The molecule has 2 atom stereocenters. The molecule has 8 nitrogen and oxygen atoms in total. The zero-order chi connectivity index (χ0) is 35.3. The lowest BCUT2D eigenvalue weighted by molar-refractivity contribution is -0.136. The van der Waals surface area contributed by atoms with E-state index in [-0.39, 0.29) is 42.9 Å². The second-order valence-electron chi connectivity index (χ2n) is 9.35. The van der Waals surface area contributed by atoms with Gasteiger partial charge in [-0.25, -0.2) is 4.39 Å². The molecule has 0 heterocycles. The van der Waals surface area contributed by atoms with Crippen LogP contribution < -0.4 is 16.0 Å². The highest BCUT2D eigenvalue weighted by molar-refractivity contribution is 5.87. The summed E-state index contributed by atoms with van der Waals surface area (Å²) in [4.78, 5) is 35.9. The third-order valence-electron chi connectivity index (χ3n) is 5.37. The molecule has 0 bridgehead atoms. The fourth-order valence-electron chi connectivity index (χ4n) is 3.08. The fourth-order valence-corrected chi connectivity index (χ4v) is 3.08. The molecule has 0 radical (unpaired) electrons. The Morgan fingerprint density at radius 3 is 2.07 bits per heavy atom. The number of nitrogens with one attached hydrogen (secondary N) is 3. The number of halogens is 1. The number of likely N-dealkylation sites (N-methyl/N-ethyl adjacent to an activating group) is 1. The van der Waals surface area contributed by atoms with Gasteiger partial charge in [-0.1, -0.05) is 96.4 Å². The third-order valence-corrected chi connectivity index (χ3v) is 5.37. The fraction of sp³-hybridized carbons (Fsp3) is 0.583. The second kappa shape index (κ2) is 38.7. The maximum atomic E-state index is 12.6. The Morgan fingerprint density at radius 2 is 1.60 bits per heavy atom. The van der Waals surface area contributed by atoms with Crippen molar-refractivity contribution in [2.45, 2.75) is 100 Å². The van der Waals surface area contributed by atoms with Gasteiger partial charge in [-0.3, -0.25) is 9.59 Å². The summed E-state index contributed by atoms with van der Waals surface area (Å²) in [6.45, 7) is 19.5. The Labute approximate surface area is 275 Å². The van der Waals surface area contributed by atoms with Gasteiger partial charge in [0.1, 0.15) is 18.2 Å². The van der Waals surface area contributed by atoms with Crippen molar-refractivity contribution in [3.05, 3.63) is 72.3 Å². The Balaban J connectivity index is -0.000000376. The van der Waals surface area contributed by atoms with Gasteiger partial charge in [0.2, 0.25) is 11.8 Å². The summed E-state index contributed by atoms with van der Waals surface area (Å²) in [6, 6.07) is 6.01. The normalized spacial score (nSPS) is 11.4. The van der Waals surface area contributed by atoms with Crippen LogP contribution in [0.2, 0.25) is 0 Å². The molecule has 0 aliphatic heterocycles. The van der Waals surface area contributed by atoms with Gasteiger partial charge in [-0.2, -0.15) is 0 Å². The average Bonchev–Trinajstić information content (AvgIpc) is 3.06. The van der Waals surface area contributed by atoms with Crippen LogP contribution in [-0.2, 0) is 19.1 Å². The summed E-state index contributed by atoms with van der Waals surface area (Å²) in [7, 11) is 3.56. The number of hydrogen-bond donors (Lipinski definition) is 3. The molecule has 0 saturated heterocycles. The Morgan fingerprint density at radius 1 is 1.00 bits per heavy atom. The Hall–Kier alpha value is -3.30. The van der Waals surface area contributed by atoms with E-state index in [9.17, 15) is 18.8 Å². The molecule has 1 aromatic carbocycles. The van der Waals surface area contributed by atoms with Gasteiger partial charge in [0, 0.05) is 13.6 Å². The van der Waals surface area contributed by atoms with Crippen molar-refractivity contribution in [3.63, 3.8) is 0 Å². The molecule has 3 N–H and O–H groups in total. The van der Waals surface area contributed by atoms with E-state index in [2.05, 4.69) is 22.9 Å². The van der Waals surface area contributed by atoms with Gasteiger partial charge < -0.3 is 30.4 Å². The van der Waals surface area contributed by atoms with Crippen LogP contribution >= 0.6 is 0 Å². The second-order valence-corrected chi connectivity index (χ2v) is 9.35. The topological polar surface area (TPSA) is 99.8 Å². The average molecular weight is 637 g/mol. The number of ether oxygens (including phenoxy) is 1. The van der Waals surface area contributed by atoms with E-state index in [0.717, 1.165) is 18.5 Å². The summed E-state index contributed by atoms with van der Waals surface area (Å²) >= 11 is 0. The number of aldehydes is 1. The predicted molar refractivity (Wildman–Crippen MR) is 190 cm³/mol. The first-order valence-electron chi connectivity index (χ1n) is 16.3. The van der Waals surface area contributed by atoms with E-state index in [1.807, 2.05) is 86.7 Å². The summed E-state index contributed by atoms with van der Waals surface area (Å²) in [5, 5.41) is 8.70. The summed E-state index contributed by atoms with van der Waals surface area (Å²) < 4.78 is 17.6. The third kappa shape index (κ3) is 35.1. The number of amides is 2. The van der Waals surface area contributed by atoms with Crippen molar-refractivity contribution < 1.29 is 23.5 Å². The first-order chi connectivity index (χ1) is 21.7. The number of nitrogens with zero attached hydrogens (tertiary/aromatic N) is 1. The molecule has 45 heavy (non-hydrogen) atoms. The molecular weight excluding hydrogens is 571 g/mol. The zero-order valence-corrected chi connectivity index (χ0v) is 30.1. The Bertz CT molecular complexity index is 865. The minimum absolute atomic E-state index is 0.0518. The maximum Gasteiger partial charge on any atom is 0.239 e. The van der Waals surface area contributed by atoms with E-state index >= 15 is 0 Å². The first-order valence-corrected chi connectivity index (χ1v) is 16.3. The van der Waals surface area contributed by atoms with Crippen molar-refractivity contribution in [1.29, 1.82) is 0 Å². The molecule has 0 aliphatic rings. The monoisotopic (exact) mass is 636 g/mol. The molecule has 1 aromatic rings. The molecule has 260 valence electrons. The lowest BCUT2D eigenvalue weighted by Gasteiger charge is -2.25. The quantitative estimate of drug-likeness (QED) is 0.0756. The number of carbonyl (C=O) groups excluding carboxylic acids is 3. The SMILES string of the molecule is CC.CC.CCCCNC.C\C=C/C=C\C=C\O[C@H](C)CNC(CCC)C(=O)N(C)CC(=O)NCC=O.Cc1ccc(F)cc1. The number of allylic oxidation sites excluding steroid dienone is 5. The van der Waals surface area contributed by atoms with Gasteiger partial charge in [-0.05, 0) is 65.4 Å². The molecule has 0 spiro atoms. The number of benzene rings is 1. The van der Waals surface area contributed by atoms with Crippen LogP contribution in [-0.4, -0.2) is 75.4 Å². The molecule has 1 unspecified atom stereocenters.